The molecule has 27 heavy (non-hydrogen) atoms. The van der Waals surface area contributed by atoms with Crippen molar-refractivity contribution < 1.29 is 9.53 Å². The molecular weight excluding hydrogens is 340 g/mol. The maximum atomic E-state index is 12.7. The summed E-state index contributed by atoms with van der Waals surface area (Å²) >= 11 is 0. The van der Waals surface area contributed by atoms with Gasteiger partial charge in [0, 0.05) is 24.8 Å². The summed E-state index contributed by atoms with van der Waals surface area (Å²) < 4.78 is 6.09. The molecule has 0 spiro atoms. The molecule has 0 aromatic heterocycles. The van der Waals surface area contributed by atoms with Gasteiger partial charge in [-0.05, 0) is 38.3 Å². The highest BCUT2D eigenvalue weighted by Gasteiger charge is 2.47. The summed E-state index contributed by atoms with van der Waals surface area (Å²) in [5.74, 6) is 1.21. The highest BCUT2D eigenvalue weighted by Crippen LogP contribution is 2.32. The first-order valence-corrected chi connectivity index (χ1v) is 10.2. The van der Waals surface area contributed by atoms with E-state index in [9.17, 15) is 4.79 Å². The summed E-state index contributed by atoms with van der Waals surface area (Å²) in [5.41, 5.74) is 0.278. The van der Waals surface area contributed by atoms with Crippen LogP contribution in [0.5, 0.6) is 5.75 Å². The van der Waals surface area contributed by atoms with Crippen molar-refractivity contribution in [1.82, 2.24) is 10.6 Å². The van der Waals surface area contributed by atoms with Gasteiger partial charge in [-0.15, -0.1) is 0 Å². The highest BCUT2D eigenvalue weighted by molar-refractivity contribution is 6.08. The number of hydrogen-bond donors (Lipinski definition) is 3. The number of nitrogens with zero attached hydrogens (tertiary/aromatic N) is 1. The predicted molar refractivity (Wildman–Crippen MR) is 108 cm³/mol. The number of anilines is 1. The van der Waals surface area contributed by atoms with E-state index >= 15 is 0 Å². The summed E-state index contributed by atoms with van der Waals surface area (Å²) in [6.45, 7) is 6.38. The van der Waals surface area contributed by atoms with Crippen LogP contribution in [0.15, 0.2) is 24.3 Å². The standard InChI is InChI=1S/C21H32N4O2/c1-3-25(4-2)17-11-8-12-18(13-17)27-15-21(19(26)23-20(22)24-21)14-16-9-6-5-7-10-16/h8,11-13,16H,3-7,9-10,14-15H2,1-2H3,(H3,22,23,24,26). The zero-order chi connectivity index (χ0) is 19.3. The molecule has 1 heterocycles. The summed E-state index contributed by atoms with van der Waals surface area (Å²) in [4.78, 5) is 14.9. The summed E-state index contributed by atoms with van der Waals surface area (Å²) in [7, 11) is 0. The average Bonchev–Trinajstić information content (AvgIpc) is 2.95. The van der Waals surface area contributed by atoms with Gasteiger partial charge < -0.3 is 15.0 Å². The van der Waals surface area contributed by atoms with Crippen molar-refractivity contribution in [2.24, 2.45) is 5.92 Å². The molecule has 1 aliphatic carbocycles. The van der Waals surface area contributed by atoms with Gasteiger partial charge in [-0.1, -0.05) is 38.2 Å². The van der Waals surface area contributed by atoms with E-state index in [1.807, 2.05) is 18.2 Å². The van der Waals surface area contributed by atoms with E-state index in [0.29, 0.717) is 5.92 Å². The number of hydrogen-bond acceptors (Lipinski definition) is 4. The molecular formula is C21H32N4O2. The second-order valence-corrected chi connectivity index (χ2v) is 7.70. The quantitative estimate of drug-likeness (QED) is 0.654. The van der Waals surface area contributed by atoms with Gasteiger partial charge in [0.05, 0.1) is 0 Å². The van der Waals surface area contributed by atoms with Crippen LogP contribution in [0.4, 0.5) is 5.69 Å². The Kier molecular flexibility index (Phi) is 6.24. The average molecular weight is 373 g/mol. The summed E-state index contributed by atoms with van der Waals surface area (Å²) in [6.07, 6.45) is 6.77. The molecule has 3 rings (SSSR count). The van der Waals surface area contributed by atoms with Crippen molar-refractivity contribution in [3.63, 3.8) is 0 Å². The largest absolute Gasteiger partial charge is 0.491 e. The van der Waals surface area contributed by atoms with Crippen LogP contribution in [0.1, 0.15) is 52.4 Å². The van der Waals surface area contributed by atoms with Crippen LogP contribution < -0.4 is 20.3 Å². The number of guanidine groups is 1. The SMILES string of the molecule is CCN(CC)c1cccc(OCC2(CC3CCCCC3)NC(=N)NC2=O)c1. The third kappa shape index (κ3) is 4.54. The van der Waals surface area contributed by atoms with Crippen LogP contribution >= 0.6 is 0 Å². The highest BCUT2D eigenvalue weighted by atomic mass is 16.5. The molecule has 3 N–H and O–H groups in total. The van der Waals surface area contributed by atoms with Crippen LogP contribution in [-0.4, -0.2) is 37.1 Å². The van der Waals surface area contributed by atoms with E-state index in [-0.39, 0.29) is 18.5 Å². The van der Waals surface area contributed by atoms with Crippen molar-refractivity contribution >= 4 is 17.6 Å². The third-order valence-corrected chi connectivity index (χ3v) is 5.83. The lowest BCUT2D eigenvalue weighted by atomic mass is 9.79. The second kappa shape index (κ2) is 8.63. The number of ether oxygens (including phenoxy) is 1. The normalized spacial score (nSPS) is 23.0. The summed E-state index contributed by atoms with van der Waals surface area (Å²) in [6, 6.07) is 8.02. The number of carbonyl (C=O) groups is 1. The van der Waals surface area contributed by atoms with Gasteiger partial charge in [-0.2, -0.15) is 0 Å². The van der Waals surface area contributed by atoms with Gasteiger partial charge in [0.1, 0.15) is 12.4 Å². The van der Waals surface area contributed by atoms with E-state index in [0.717, 1.165) is 43.8 Å². The van der Waals surface area contributed by atoms with Crippen LogP contribution in [0, 0.1) is 11.3 Å². The second-order valence-electron chi connectivity index (χ2n) is 7.70. The van der Waals surface area contributed by atoms with Crippen molar-refractivity contribution in [2.75, 3.05) is 24.6 Å². The van der Waals surface area contributed by atoms with Crippen molar-refractivity contribution in [2.45, 2.75) is 57.9 Å². The zero-order valence-corrected chi connectivity index (χ0v) is 16.5. The molecule has 1 aromatic carbocycles. The topological polar surface area (TPSA) is 77.5 Å². The van der Waals surface area contributed by atoms with Crippen LogP contribution in [0.2, 0.25) is 0 Å². The monoisotopic (exact) mass is 372 g/mol. The van der Waals surface area contributed by atoms with E-state index < -0.39 is 5.54 Å². The number of rotatable bonds is 8. The fourth-order valence-electron chi connectivity index (χ4n) is 4.31. The molecule has 1 atom stereocenters. The number of carbonyl (C=O) groups excluding carboxylic acids is 1. The Bertz CT molecular complexity index is 668. The Morgan fingerprint density at radius 3 is 2.59 bits per heavy atom. The Morgan fingerprint density at radius 1 is 1.22 bits per heavy atom. The van der Waals surface area contributed by atoms with Crippen molar-refractivity contribution in [3.8, 4) is 5.75 Å². The van der Waals surface area contributed by atoms with E-state index in [2.05, 4.69) is 35.4 Å². The first-order valence-electron chi connectivity index (χ1n) is 10.2. The molecule has 1 saturated heterocycles. The molecule has 6 heteroatoms. The number of amides is 1. The zero-order valence-electron chi connectivity index (χ0n) is 16.5. The first-order chi connectivity index (χ1) is 13.1. The molecule has 2 fully saturated rings. The molecule has 148 valence electrons. The third-order valence-electron chi connectivity index (χ3n) is 5.83. The lowest BCUT2D eigenvalue weighted by Crippen LogP contribution is -2.53. The van der Waals surface area contributed by atoms with Gasteiger partial charge in [0.15, 0.2) is 11.5 Å². The maximum Gasteiger partial charge on any atom is 0.255 e. The predicted octanol–water partition coefficient (Wildman–Crippen LogP) is 3.27. The smallest absolute Gasteiger partial charge is 0.255 e. The van der Waals surface area contributed by atoms with E-state index in [4.69, 9.17) is 10.1 Å². The molecule has 1 unspecified atom stereocenters. The van der Waals surface area contributed by atoms with Gasteiger partial charge >= 0.3 is 0 Å². The van der Waals surface area contributed by atoms with Crippen LogP contribution in [-0.2, 0) is 4.79 Å². The first kappa shape index (κ1) is 19.5. The minimum absolute atomic E-state index is 0.0799. The van der Waals surface area contributed by atoms with Crippen LogP contribution in [0.25, 0.3) is 0 Å². The Hall–Kier alpha value is -2.24. The molecule has 1 aliphatic heterocycles. The van der Waals surface area contributed by atoms with Crippen molar-refractivity contribution in [3.05, 3.63) is 24.3 Å². The maximum absolute atomic E-state index is 12.7. The molecule has 2 aliphatic rings. The minimum atomic E-state index is -0.843. The molecule has 1 amide bonds. The number of nitrogens with one attached hydrogen (secondary N) is 3. The minimum Gasteiger partial charge on any atom is -0.491 e. The van der Waals surface area contributed by atoms with Gasteiger partial charge in [0.25, 0.3) is 5.91 Å². The van der Waals surface area contributed by atoms with Gasteiger partial charge in [-0.25, -0.2) is 0 Å². The molecule has 1 aromatic rings. The lowest BCUT2D eigenvalue weighted by molar-refractivity contribution is -0.125. The summed E-state index contributed by atoms with van der Waals surface area (Å²) in [5, 5.41) is 13.6. The van der Waals surface area contributed by atoms with Crippen molar-refractivity contribution in [1.29, 1.82) is 5.41 Å². The van der Waals surface area contributed by atoms with E-state index in [1.54, 1.807) is 0 Å². The van der Waals surface area contributed by atoms with Gasteiger partial charge in [0.2, 0.25) is 0 Å². The van der Waals surface area contributed by atoms with E-state index in [1.165, 1.54) is 19.3 Å². The fourth-order valence-corrected chi connectivity index (χ4v) is 4.31. The van der Waals surface area contributed by atoms with Gasteiger partial charge in [-0.3, -0.25) is 15.5 Å². The lowest BCUT2D eigenvalue weighted by Gasteiger charge is -2.32. The Balaban J connectivity index is 1.72. The molecule has 1 saturated carbocycles. The molecule has 0 radical (unpaired) electrons. The fraction of sp³-hybridized carbons (Fsp3) is 0.619. The Labute approximate surface area is 162 Å². The molecule has 6 nitrogen and oxygen atoms in total. The molecule has 0 bridgehead atoms. The Morgan fingerprint density at radius 2 is 1.96 bits per heavy atom. The van der Waals surface area contributed by atoms with Crippen LogP contribution in [0.3, 0.4) is 0 Å². The number of benzene rings is 1.